The van der Waals surface area contributed by atoms with Gasteiger partial charge < -0.3 is 9.47 Å². The van der Waals surface area contributed by atoms with Crippen molar-refractivity contribution in [1.29, 1.82) is 0 Å². The molecule has 0 unspecified atom stereocenters. The highest BCUT2D eigenvalue weighted by atomic mass is 15.2. The Morgan fingerprint density at radius 2 is 1.84 bits per heavy atom. The molecule has 0 aliphatic carbocycles. The fraction of sp³-hybridized carbons (Fsp3) is 0.389. The molecule has 1 aliphatic heterocycles. The number of piperidine rings is 1. The number of aryl methyl sites for hydroxylation is 1. The number of hydrogen-bond donors (Lipinski definition) is 0. The Kier molecular flexibility index (Phi) is 4.37. The number of rotatable bonds is 4. The van der Waals surface area contributed by atoms with E-state index in [1.807, 2.05) is 36.4 Å². The lowest BCUT2D eigenvalue weighted by Gasteiger charge is -2.32. The Bertz CT molecular complexity index is 805. The van der Waals surface area contributed by atoms with Crippen molar-refractivity contribution in [2.75, 3.05) is 18.0 Å². The summed E-state index contributed by atoms with van der Waals surface area (Å²) in [6.07, 6.45) is 15.9. The van der Waals surface area contributed by atoms with E-state index < -0.39 is 0 Å². The Morgan fingerprint density at radius 1 is 0.960 bits per heavy atom. The summed E-state index contributed by atoms with van der Waals surface area (Å²) in [4.78, 5) is 24.3. The van der Waals surface area contributed by atoms with Crippen molar-refractivity contribution < 1.29 is 0 Å². The van der Waals surface area contributed by atoms with E-state index in [0.29, 0.717) is 5.92 Å². The molecule has 25 heavy (non-hydrogen) atoms. The maximum absolute atomic E-state index is 4.60. The van der Waals surface area contributed by atoms with E-state index in [1.165, 1.54) is 0 Å². The van der Waals surface area contributed by atoms with E-state index in [4.69, 9.17) is 0 Å². The second-order valence-electron chi connectivity index (χ2n) is 6.45. The highest BCUT2D eigenvalue weighted by molar-refractivity contribution is 5.47. The molecule has 0 amide bonds. The van der Waals surface area contributed by atoms with Gasteiger partial charge in [-0.25, -0.2) is 15.0 Å². The first-order valence-corrected chi connectivity index (χ1v) is 8.59. The third kappa shape index (κ3) is 3.50. The van der Waals surface area contributed by atoms with E-state index in [1.54, 1.807) is 18.6 Å². The van der Waals surface area contributed by atoms with Crippen LogP contribution in [0.4, 0.5) is 5.82 Å². The Morgan fingerprint density at radius 3 is 2.48 bits per heavy atom. The Labute approximate surface area is 146 Å². The highest BCUT2D eigenvalue weighted by Crippen LogP contribution is 2.24. The van der Waals surface area contributed by atoms with E-state index in [2.05, 4.69) is 29.8 Å². The monoisotopic (exact) mass is 335 g/mol. The molecule has 128 valence electrons. The van der Waals surface area contributed by atoms with E-state index >= 15 is 0 Å². The zero-order valence-electron chi connectivity index (χ0n) is 14.3. The van der Waals surface area contributed by atoms with E-state index in [0.717, 1.165) is 55.4 Å². The van der Waals surface area contributed by atoms with Crippen LogP contribution < -0.4 is 4.90 Å². The molecule has 1 fully saturated rings. The van der Waals surface area contributed by atoms with Crippen LogP contribution in [0.15, 0.2) is 43.4 Å². The molecule has 7 heteroatoms. The smallest absolute Gasteiger partial charge is 0.159 e. The fourth-order valence-electron chi connectivity index (χ4n) is 3.30. The second kappa shape index (κ2) is 6.96. The third-order valence-electron chi connectivity index (χ3n) is 4.74. The molecule has 3 aromatic rings. The van der Waals surface area contributed by atoms with Crippen molar-refractivity contribution in [3.8, 4) is 11.5 Å². The summed E-state index contributed by atoms with van der Waals surface area (Å²) in [7, 11) is 1.96. The van der Waals surface area contributed by atoms with Gasteiger partial charge in [0.15, 0.2) is 5.82 Å². The van der Waals surface area contributed by atoms with Crippen molar-refractivity contribution in [3.05, 3.63) is 49.1 Å². The summed E-state index contributed by atoms with van der Waals surface area (Å²) in [5.74, 6) is 2.46. The lowest BCUT2D eigenvalue weighted by molar-refractivity contribution is 0.398. The Hall–Kier alpha value is -2.83. The normalized spacial score (nSPS) is 15.5. The maximum atomic E-state index is 4.60. The molecule has 0 radical (unpaired) electrons. The van der Waals surface area contributed by atoms with Gasteiger partial charge in [-0.05, 0) is 25.2 Å². The summed E-state index contributed by atoms with van der Waals surface area (Å²) < 4.78 is 1.95. The molecule has 0 N–H and O–H groups in total. The van der Waals surface area contributed by atoms with Crippen LogP contribution in [0, 0.1) is 5.92 Å². The quantitative estimate of drug-likeness (QED) is 0.727. The van der Waals surface area contributed by atoms with Crippen LogP contribution in [0.5, 0.6) is 0 Å². The van der Waals surface area contributed by atoms with Crippen molar-refractivity contribution in [2.45, 2.75) is 19.3 Å². The number of anilines is 1. The van der Waals surface area contributed by atoms with Gasteiger partial charge in [0.05, 0.1) is 18.1 Å². The SMILES string of the molecule is Cn1ccnc1-c1cnc(CC2CCN(c3cnccn3)CC2)cn1. The molecule has 1 aliphatic rings. The van der Waals surface area contributed by atoms with Gasteiger partial charge in [-0.1, -0.05) is 0 Å². The van der Waals surface area contributed by atoms with Crippen molar-refractivity contribution in [3.63, 3.8) is 0 Å². The van der Waals surface area contributed by atoms with Crippen LogP contribution in [0.1, 0.15) is 18.5 Å². The molecule has 4 rings (SSSR count). The third-order valence-corrected chi connectivity index (χ3v) is 4.74. The Balaban J connectivity index is 1.35. The van der Waals surface area contributed by atoms with Gasteiger partial charge in [-0.3, -0.25) is 9.97 Å². The maximum Gasteiger partial charge on any atom is 0.159 e. The van der Waals surface area contributed by atoms with Gasteiger partial charge in [0.25, 0.3) is 0 Å². The molecule has 3 aromatic heterocycles. The van der Waals surface area contributed by atoms with Gasteiger partial charge >= 0.3 is 0 Å². The van der Waals surface area contributed by atoms with Gasteiger partial charge in [-0.15, -0.1) is 0 Å². The minimum atomic E-state index is 0.640. The summed E-state index contributed by atoms with van der Waals surface area (Å²) in [6.45, 7) is 2.03. The number of imidazole rings is 1. The van der Waals surface area contributed by atoms with Crippen molar-refractivity contribution >= 4 is 5.82 Å². The van der Waals surface area contributed by atoms with Crippen LogP contribution >= 0.6 is 0 Å². The number of nitrogens with zero attached hydrogens (tertiary/aromatic N) is 7. The van der Waals surface area contributed by atoms with Gasteiger partial charge in [0, 0.05) is 51.1 Å². The van der Waals surface area contributed by atoms with Crippen LogP contribution in [0.2, 0.25) is 0 Å². The van der Waals surface area contributed by atoms with Crippen LogP contribution in [0.25, 0.3) is 11.5 Å². The number of hydrogen-bond acceptors (Lipinski definition) is 6. The minimum absolute atomic E-state index is 0.640. The summed E-state index contributed by atoms with van der Waals surface area (Å²) in [6, 6.07) is 0. The molecule has 7 nitrogen and oxygen atoms in total. The van der Waals surface area contributed by atoms with Gasteiger partial charge in [0.2, 0.25) is 0 Å². The van der Waals surface area contributed by atoms with Crippen LogP contribution in [0.3, 0.4) is 0 Å². The van der Waals surface area contributed by atoms with Crippen LogP contribution in [-0.4, -0.2) is 42.6 Å². The summed E-state index contributed by atoms with van der Waals surface area (Å²) in [5.41, 5.74) is 1.87. The highest BCUT2D eigenvalue weighted by Gasteiger charge is 2.21. The molecule has 4 heterocycles. The van der Waals surface area contributed by atoms with Crippen molar-refractivity contribution in [1.82, 2.24) is 29.5 Å². The predicted molar refractivity (Wildman–Crippen MR) is 94.9 cm³/mol. The average molecular weight is 335 g/mol. The molecule has 0 bridgehead atoms. The minimum Gasteiger partial charge on any atom is -0.355 e. The lowest BCUT2D eigenvalue weighted by Crippen LogP contribution is -2.35. The molecule has 0 saturated carbocycles. The van der Waals surface area contributed by atoms with Gasteiger partial charge in [0.1, 0.15) is 11.5 Å². The molecule has 1 saturated heterocycles. The molecule has 0 aromatic carbocycles. The zero-order valence-corrected chi connectivity index (χ0v) is 14.3. The largest absolute Gasteiger partial charge is 0.355 e. The summed E-state index contributed by atoms with van der Waals surface area (Å²) in [5, 5.41) is 0. The standard InChI is InChI=1S/C18H21N7/c1-24-9-6-21-18(24)16-12-22-15(11-23-16)10-14-2-7-25(8-3-14)17-13-19-4-5-20-17/h4-6,9,11-14H,2-3,7-8,10H2,1H3. The first kappa shape index (κ1) is 15.7. The van der Waals surface area contributed by atoms with Gasteiger partial charge in [-0.2, -0.15) is 0 Å². The topological polar surface area (TPSA) is 72.6 Å². The second-order valence-corrected chi connectivity index (χ2v) is 6.45. The molecule has 0 spiro atoms. The summed E-state index contributed by atoms with van der Waals surface area (Å²) >= 11 is 0. The first-order valence-electron chi connectivity index (χ1n) is 8.59. The lowest BCUT2D eigenvalue weighted by atomic mass is 9.92. The predicted octanol–water partition coefficient (Wildman–Crippen LogP) is 2.13. The van der Waals surface area contributed by atoms with E-state index in [-0.39, 0.29) is 0 Å². The average Bonchev–Trinajstić information content (AvgIpc) is 3.10. The van der Waals surface area contributed by atoms with Crippen molar-refractivity contribution in [2.24, 2.45) is 13.0 Å². The molecule has 0 atom stereocenters. The first-order chi connectivity index (χ1) is 12.3. The molecular weight excluding hydrogens is 314 g/mol. The molecular formula is C18H21N7. The fourth-order valence-corrected chi connectivity index (χ4v) is 3.30. The number of aromatic nitrogens is 6. The zero-order chi connectivity index (χ0) is 17.1. The van der Waals surface area contributed by atoms with Crippen LogP contribution in [-0.2, 0) is 13.5 Å². The van der Waals surface area contributed by atoms with E-state index in [9.17, 15) is 0 Å².